The molecule has 3 N–H and O–H groups in total. The van der Waals surface area contributed by atoms with Crippen LogP contribution in [0.4, 0.5) is 0 Å². The van der Waals surface area contributed by atoms with E-state index in [1.54, 1.807) is 0 Å². The van der Waals surface area contributed by atoms with Gasteiger partial charge in [-0.3, -0.25) is 0 Å². The normalized spacial score (nSPS) is 12.9. The van der Waals surface area contributed by atoms with E-state index < -0.39 is 12.1 Å². The first-order chi connectivity index (χ1) is 7.11. The van der Waals surface area contributed by atoms with Crippen molar-refractivity contribution in [3.8, 4) is 0 Å². The number of nitrogens with zero attached hydrogens (tertiary/aromatic N) is 1. The Bertz CT molecular complexity index is 523. The lowest BCUT2D eigenvalue weighted by molar-refractivity contribution is -0.146. The van der Waals surface area contributed by atoms with Crippen LogP contribution in [0.15, 0.2) is 18.5 Å². The molecule has 1 aromatic heterocycles. The van der Waals surface area contributed by atoms with E-state index in [1.165, 1.54) is 18.5 Å². The molecule has 0 aliphatic carbocycles. The van der Waals surface area contributed by atoms with Gasteiger partial charge >= 0.3 is 5.97 Å². The first kappa shape index (κ1) is 9.95. The Morgan fingerprint density at radius 3 is 2.93 bits per heavy atom. The predicted molar refractivity (Wildman–Crippen MR) is 53.7 cm³/mol. The van der Waals surface area contributed by atoms with Crippen molar-refractivity contribution >= 4 is 28.6 Å². The summed E-state index contributed by atoms with van der Waals surface area (Å²) in [5.41, 5.74) is 1.12. The zero-order valence-corrected chi connectivity index (χ0v) is 8.19. The second-order valence-corrected chi connectivity index (χ2v) is 3.41. The van der Waals surface area contributed by atoms with E-state index >= 15 is 0 Å². The number of hydrogen-bond donors (Lipinski definition) is 3. The summed E-state index contributed by atoms with van der Waals surface area (Å²) in [6.07, 6.45) is -0.192. The first-order valence-electron chi connectivity index (χ1n) is 4.13. The van der Waals surface area contributed by atoms with Crippen LogP contribution in [0.1, 0.15) is 11.7 Å². The fraction of sp³-hybridized carbons (Fsp3) is 0.111. The largest absolute Gasteiger partial charge is 0.479 e. The van der Waals surface area contributed by atoms with Crippen LogP contribution in [0.25, 0.3) is 11.0 Å². The smallest absolute Gasteiger partial charge is 0.337 e. The standard InChI is InChI=1S/C9H7ClN2O3/c10-5-2-1-4(8(13)9(14)15)6-7(5)12-3-11-6/h1-3,8,13H,(H,11,12)(H,14,15). The van der Waals surface area contributed by atoms with Crippen LogP contribution in [0.2, 0.25) is 5.02 Å². The molecule has 0 fully saturated rings. The number of hydrogen-bond acceptors (Lipinski definition) is 3. The van der Waals surface area contributed by atoms with Crippen LogP contribution < -0.4 is 0 Å². The van der Waals surface area contributed by atoms with Gasteiger partial charge < -0.3 is 15.2 Å². The third-order valence-corrected chi connectivity index (χ3v) is 2.40. The lowest BCUT2D eigenvalue weighted by Gasteiger charge is -2.06. The molecule has 0 bridgehead atoms. The number of H-pyrrole nitrogens is 1. The van der Waals surface area contributed by atoms with Gasteiger partial charge in [0.15, 0.2) is 6.10 Å². The number of carbonyl (C=O) groups is 1. The number of benzene rings is 1. The van der Waals surface area contributed by atoms with Crippen molar-refractivity contribution < 1.29 is 15.0 Å². The van der Waals surface area contributed by atoms with Gasteiger partial charge in [0, 0.05) is 5.56 Å². The molecule has 2 aromatic rings. The molecule has 6 heteroatoms. The summed E-state index contributed by atoms with van der Waals surface area (Å²) < 4.78 is 0. The van der Waals surface area contributed by atoms with E-state index in [0.29, 0.717) is 16.1 Å². The van der Waals surface area contributed by atoms with Crippen LogP contribution in [0, 0.1) is 0 Å². The average molecular weight is 227 g/mol. The zero-order valence-electron chi connectivity index (χ0n) is 7.44. The van der Waals surface area contributed by atoms with Gasteiger partial charge in [0.25, 0.3) is 0 Å². The number of halogens is 1. The van der Waals surface area contributed by atoms with Crippen LogP contribution in [-0.2, 0) is 4.79 Å². The van der Waals surface area contributed by atoms with Gasteiger partial charge in [-0.1, -0.05) is 17.7 Å². The Morgan fingerprint density at radius 1 is 1.53 bits per heavy atom. The minimum absolute atomic E-state index is 0.225. The fourth-order valence-corrected chi connectivity index (χ4v) is 1.58. The maximum atomic E-state index is 10.6. The van der Waals surface area contributed by atoms with Crippen LogP contribution in [0.3, 0.4) is 0 Å². The number of imidazole rings is 1. The minimum Gasteiger partial charge on any atom is -0.479 e. The highest BCUT2D eigenvalue weighted by Crippen LogP contribution is 2.27. The van der Waals surface area contributed by atoms with Gasteiger partial charge in [-0.25, -0.2) is 9.78 Å². The number of aliphatic carboxylic acids is 1. The Labute approximate surface area is 89.3 Å². The SMILES string of the molecule is O=C(O)C(O)c1ccc(Cl)c2[nH]cnc12. The monoisotopic (exact) mass is 226 g/mol. The predicted octanol–water partition coefficient (Wildman–Crippen LogP) is 1.33. The summed E-state index contributed by atoms with van der Waals surface area (Å²) in [5, 5.41) is 18.5. The number of aliphatic hydroxyl groups is 1. The van der Waals surface area contributed by atoms with Gasteiger partial charge in [-0.2, -0.15) is 0 Å². The molecule has 1 heterocycles. The Morgan fingerprint density at radius 2 is 2.27 bits per heavy atom. The molecule has 0 aliphatic heterocycles. The average Bonchev–Trinajstić information content (AvgIpc) is 2.66. The summed E-state index contributed by atoms with van der Waals surface area (Å²) in [5.74, 6) is -1.32. The molecule has 5 nitrogen and oxygen atoms in total. The van der Waals surface area contributed by atoms with Gasteiger partial charge in [-0.15, -0.1) is 0 Å². The molecular formula is C9H7ClN2O3. The van der Waals surface area contributed by atoms with Crippen LogP contribution >= 0.6 is 11.6 Å². The number of aliphatic hydroxyl groups excluding tert-OH is 1. The molecule has 15 heavy (non-hydrogen) atoms. The molecule has 0 spiro atoms. The Kier molecular flexibility index (Phi) is 2.34. The molecule has 1 atom stereocenters. The van der Waals surface area contributed by atoms with Crippen molar-refractivity contribution in [2.45, 2.75) is 6.10 Å². The van der Waals surface area contributed by atoms with E-state index in [-0.39, 0.29) is 5.56 Å². The van der Waals surface area contributed by atoms with Gasteiger partial charge in [0.2, 0.25) is 0 Å². The topological polar surface area (TPSA) is 86.2 Å². The van der Waals surface area contributed by atoms with E-state index in [1.807, 2.05) is 0 Å². The van der Waals surface area contributed by atoms with E-state index in [4.69, 9.17) is 16.7 Å². The van der Waals surface area contributed by atoms with Crippen molar-refractivity contribution in [3.05, 3.63) is 29.0 Å². The highest BCUT2D eigenvalue weighted by molar-refractivity contribution is 6.35. The quantitative estimate of drug-likeness (QED) is 0.721. The zero-order chi connectivity index (χ0) is 11.0. The van der Waals surface area contributed by atoms with Crippen molar-refractivity contribution in [1.29, 1.82) is 0 Å². The maximum Gasteiger partial charge on any atom is 0.337 e. The minimum atomic E-state index is -1.59. The van der Waals surface area contributed by atoms with Gasteiger partial charge in [-0.05, 0) is 6.07 Å². The molecule has 0 radical (unpaired) electrons. The fourth-order valence-electron chi connectivity index (χ4n) is 1.37. The van der Waals surface area contributed by atoms with Crippen molar-refractivity contribution in [3.63, 3.8) is 0 Å². The molecule has 0 saturated heterocycles. The number of rotatable bonds is 2. The second kappa shape index (κ2) is 3.52. The van der Waals surface area contributed by atoms with Gasteiger partial charge in [0.1, 0.15) is 0 Å². The number of carboxylic acid groups (broad SMARTS) is 1. The van der Waals surface area contributed by atoms with Crippen molar-refractivity contribution in [2.24, 2.45) is 0 Å². The third kappa shape index (κ3) is 1.55. The lowest BCUT2D eigenvalue weighted by Crippen LogP contribution is -2.10. The highest BCUT2D eigenvalue weighted by Gasteiger charge is 2.20. The molecule has 2 rings (SSSR count). The number of carboxylic acids is 1. The number of fused-ring (bicyclic) bond motifs is 1. The maximum absolute atomic E-state index is 10.6. The number of nitrogens with one attached hydrogen (secondary N) is 1. The van der Waals surface area contributed by atoms with Crippen molar-refractivity contribution in [1.82, 2.24) is 9.97 Å². The van der Waals surface area contributed by atoms with Crippen molar-refractivity contribution in [2.75, 3.05) is 0 Å². The summed E-state index contributed by atoms with van der Waals surface area (Å²) in [7, 11) is 0. The summed E-state index contributed by atoms with van der Waals surface area (Å²) in [4.78, 5) is 17.3. The number of aromatic nitrogens is 2. The number of aromatic amines is 1. The molecule has 78 valence electrons. The molecule has 1 aromatic carbocycles. The first-order valence-corrected chi connectivity index (χ1v) is 4.51. The Balaban J connectivity index is 2.67. The van der Waals surface area contributed by atoms with E-state index in [2.05, 4.69) is 9.97 Å². The molecular weight excluding hydrogens is 220 g/mol. The summed E-state index contributed by atoms with van der Waals surface area (Å²) >= 11 is 5.85. The van der Waals surface area contributed by atoms with Gasteiger partial charge in [0.05, 0.1) is 22.4 Å². The molecule has 0 aliphatic rings. The second-order valence-electron chi connectivity index (χ2n) is 3.00. The Hall–Kier alpha value is -1.59. The third-order valence-electron chi connectivity index (χ3n) is 2.09. The van der Waals surface area contributed by atoms with Crippen LogP contribution in [0.5, 0.6) is 0 Å². The summed E-state index contributed by atoms with van der Waals surface area (Å²) in [6.45, 7) is 0. The molecule has 0 saturated carbocycles. The van der Waals surface area contributed by atoms with Crippen LogP contribution in [-0.4, -0.2) is 26.2 Å². The molecule has 0 amide bonds. The van der Waals surface area contributed by atoms with E-state index in [0.717, 1.165) is 0 Å². The highest BCUT2D eigenvalue weighted by atomic mass is 35.5. The lowest BCUT2D eigenvalue weighted by atomic mass is 10.1. The molecule has 1 unspecified atom stereocenters. The summed E-state index contributed by atoms with van der Waals surface area (Å²) in [6, 6.07) is 2.97. The van der Waals surface area contributed by atoms with E-state index in [9.17, 15) is 9.90 Å².